The molecule has 1 aliphatic rings. The monoisotopic (exact) mass is 359 g/mol. The van der Waals surface area contributed by atoms with E-state index in [1.165, 1.54) is 0 Å². The zero-order valence-electron chi connectivity index (χ0n) is 15.0. The number of hydrogen-bond acceptors (Lipinski definition) is 4. The van der Waals surface area contributed by atoms with Gasteiger partial charge in [-0.3, -0.25) is 9.78 Å². The Kier molecular flexibility index (Phi) is 4.96. The number of amides is 1. The highest BCUT2D eigenvalue weighted by molar-refractivity contribution is 5.92. The van der Waals surface area contributed by atoms with Gasteiger partial charge in [-0.1, -0.05) is 12.1 Å². The lowest BCUT2D eigenvalue weighted by molar-refractivity contribution is -0.126. The molecule has 6 heteroatoms. The van der Waals surface area contributed by atoms with Crippen LogP contribution in [-0.2, 0) is 4.79 Å². The minimum Gasteiger partial charge on any atom is -0.368 e. The lowest BCUT2D eigenvalue weighted by atomic mass is 10.2. The minimum atomic E-state index is 0.0584. The van der Waals surface area contributed by atoms with Crippen LogP contribution in [0.25, 0.3) is 11.8 Å². The summed E-state index contributed by atoms with van der Waals surface area (Å²) < 4.78 is 1.95. The second-order valence-corrected chi connectivity index (χ2v) is 6.41. The predicted molar refractivity (Wildman–Crippen MR) is 106 cm³/mol. The highest BCUT2D eigenvalue weighted by atomic mass is 16.2. The van der Waals surface area contributed by atoms with Crippen molar-refractivity contribution in [2.45, 2.75) is 0 Å². The van der Waals surface area contributed by atoms with E-state index in [4.69, 9.17) is 0 Å². The predicted octanol–water partition coefficient (Wildman–Crippen LogP) is 2.63. The second-order valence-electron chi connectivity index (χ2n) is 6.41. The molecule has 1 aliphatic heterocycles. The van der Waals surface area contributed by atoms with E-state index in [-0.39, 0.29) is 5.91 Å². The highest BCUT2D eigenvalue weighted by Crippen LogP contribution is 2.15. The van der Waals surface area contributed by atoms with Gasteiger partial charge in [-0.05, 0) is 35.9 Å². The first-order valence-electron chi connectivity index (χ1n) is 9.00. The van der Waals surface area contributed by atoms with Crippen LogP contribution in [0.1, 0.15) is 5.56 Å². The molecule has 2 aromatic heterocycles. The SMILES string of the molecule is O=C(/C=C/c1ccc(-n2ccnc2)cc1)N1CCN(c2ccncc2)CC1. The topological polar surface area (TPSA) is 54.3 Å². The Morgan fingerprint density at radius 3 is 2.26 bits per heavy atom. The largest absolute Gasteiger partial charge is 0.368 e. The van der Waals surface area contributed by atoms with E-state index in [2.05, 4.69) is 14.9 Å². The molecule has 0 N–H and O–H groups in total. The molecular formula is C21H21N5O. The van der Waals surface area contributed by atoms with Crippen molar-refractivity contribution in [1.29, 1.82) is 0 Å². The molecule has 3 aromatic rings. The van der Waals surface area contributed by atoms with Crippen molar-refractivity contribution in [3.05, 3.63) is 79.2 Å². The lowest BCUT2D eigenvalue weighted by Crippen LogP contribution is -2.48. The Bertz CT molecular complexity index is 896. The first kappa shape index (κ1) is 17.0. The fourth-order valence-electron chi connectivity index (χ4n) is 3.18. The standard InChI is InChI=1S/C21H21N5O/c27-21(25-15-13-24(14-16-25)20-7-9-22-10-8-20)6-3-18-1-4-19(5-2-18)26-12-11-23-17-26/h1-12,17H,13-16H2/b6-3+. The van der Waals surface area contributed by atoms with Gasteiger partial charge in [-0.15, -0.1) is 0 Å². The smallest absolute Gasteiger partial charge is 0.246 e. The van der Waals surface area contributed by atoms with Crippen LogP contribution in [-0.4, -0.2) is 51.5 Å². The van der Waals surface area contributed by atoms with Crippen molar-refractivity contribution in [2.75, 3.05) is 31.1 Å². The summed E-state index contributed by atoms with van der Waals surface area (Å²) in [4.78, 5) is 24.7. The summed E-state index contributed by atoms with van der Waals surface area (Å²) in [6.07, 6.45) is 12.5. The van der Waals surface area contributed by atoms with Crippen molar-refractivity contribution < 1.29 is 4.79 Å². The summed E-state index contributed by atoms with van der Waals surface area (Å²) in [6.45, 7) is 3.13. The van der Waals surface area contributed by atoms with Gasteiger partial charge in [0.15, 0.2) is 0 Å². The molecule has 0 atom stereocenters. The molecule has 1 amide bonds. The molecule has 6 nitrogen and oxygen atoms in total. The molecule has 1 aromatic carbocycles. The molecule has 0 unspecified atom stereocenters. The van der Waals surface area contributed by atoms with Gasteiger partial charge in [-0.25, -0.2) is 4.98 Å². The maximum Gasteiger partial charge on any atom is 0.246 e. The Balaban J connectivity index is 1.33. The first-order valence-corrected chi connectivity index (χ1v) is 9.00. The van der Waals surface area contributed by atoms with Gasteiger partial charge in [0, 0.05) is 68.4 Å². The van der Waals surface area contributed by atoms with Crippen LogP contribution < -0.4 is 4.90 Å². The van der Waals surface area contributed by atoms with Gasteiger partial charge in [0.2, 0.25) is 5.91 Å². The van der Waals surface area contributed by atoms with Crippen LogP contribution in [0.15, 0.2) is 73.6 Å². The molecular weight excluding hydrogens is 338 g/mol. The Morgan fingerprint density at radius 2 is 1.59 bits per heavy atom. The summed E-state index contributed by atoms with van der Waals surface area (Å²) in [6, 6.07) is 12.0. The number of piperazine rings is 1. The fourth-order valence-corrected chi connectivity index (χ4v) is 3.18. The number of aromatic nitrogens is 3. The average Bonchev–Trinajstić information content (AvgIpc) is 3.28. The van der Waals surface area contributed by atoms with Crippen molar-refractivity contribution in [1.82, 2.24) is 19.4 Å². The van der Waals surface area contributed by atoms with Crippen molar-refractivity contribution in [2.24, 2.45) is 0 Å². The molecule has 0 saturated carbocycles. The average molecular weight is 359 g/mol. The van der Waals surface area contributed by atoms with Gasteiger partial charge in [-0.2, -0.15) is 0 Å². The van der Waals surface area contributed by atoms with Crippen LogP contribution in [0.5, 0.6) is 0 Å². The van der Waals surface area contributed by atoms with Crippen LogP contribution >= 0.6 is 0 Å². The maximum absolute atomic E-state index is 12.5. The number of carbonyl (C=O) groups is 1. The molecule has 1 fully saturated rings. The molecule has 27 heavy (non-hydrogen) atoms. The van der Waals surface area contributed by atoms with Crippen LogP contribution in [0.4, 0.5) is 5.69 Å². The molecule has 136 valence electrons. The Hall–Kier alpha value is -3.41. The van der Waals surface area contributed by atoms with Gasteiger partial charge in [0.25, 0.3) is 0 Å². The lowest BCUT2D eigenvalue weighted by Gasteiger charge is -2.35. The number of benzene rings is 1. The van der Waals surface area contributed by atoms with E-state index < -0.39 is 0 Å². The maximum atomic E-state index is 12.5. The first-order chi connectivity index (χ1) is 13.3. The van der Waals surface area contributed by atoms with Gasteiger partial charge in [0.05, 0.1) is 6.33 Å². The van der Waals surface area contributed by atoms with Gasteiger partial charge < -0.3 is 14.4 Å². The number of pyridine rings is 1. The van der Waals surface area contributed by atoms with Crippen LogP contribution in [0.3, 0.4) is 0 Å². The normalized spacial score (nSPS) is 14.7. The number of nitrogens with zero attached hydrogens (tertiary/aromatic N) is 5. The van der Waals surface area contributed by atoms with Gasteiger partial charge in [0.1, 0.15) is 0 Å². The summed E-state index contributed by atoms with van der Waals surface area (Å²) in [7, 11) is 0. The minimum absolute atomic E-state index is 0.0584. The number of rotatable bonds is 4. The third-order valence-corrected chi connectivity index (χ3v) is 4.73. The third kappa shape index (κ3) is 4.06. The third-order valence-electron chi connectivity index (χ3n) is 4.73. The van der Waals surface area contributed by atoms with E-state index >= 15 is 0 Å². The fraction of sp³-hybridized carbons (Fsp3) is 0.190. The van der Waals surface area contributed by atoms with Crippen molar-refractivity contribution in [3.63, 3.8) is 0 Å². The van der Waals surface area contributed by atoms with E-state index in [9.17, 15) is 4.79 Å². The number of hydrogen-bond donors (Lipinski definition) is 0. The number of anilines is 1. The highest BCUT2D eigenvalue weighted by Gasteiger charge is 2.19. The van der Waals surface area contributed by atoms with Gasteiger partial charge >= 0.3 is 0 Å². The molecule has 0 aliphatic carbocycles. The summed E-state index contributed by atoms with van der Waals surface area (Å²) in [5, 5.41) is 0. The zero-order chi connectivity index (χ0) is 18.5. The van der Waals surface area contributed by atoms with E-state index in [1.807, 2.05) is 58.1 Å². The van der Waals surface area contributed by atoms with Crippen LogP contribution in [0, 0.1) is 0 Å². The van der Waals surface area contributed by atoms with Crippen molar-refractivity contribution in [3.8, 4) is 5.69 Å². The van der Waals surface area contributed by atoms with Crippen LogP contribution in [0.2, 0.25) is 0 Å². The number of imidazole rings is 1. The van der Waals surface area contributed by atoms with E-state index in [0.29, 0.717) is 0 Å². The molecule has 0 radical (unpaired) electrons. The van der Waals surface area contributed by atoms with E-state index in [0.717, 1.165) is 43.1 Å². The molecule has 3 heterocycles. The molecule has 0 spiro atoms. The summed E-state index contributed by atoms with van der Waals surface area (Å²) in [5.74, 6) is 0.0584. The number of carbonyl (C=O) groups excluding carboxylic acids is 1. The molecule has 4 rings (SSSR count). The quantitative estimate of drug-likeness (QED) is 0.672. The molecule has 1 saturated heterocycles. The summed E-state index contributed by atoms with van der Waals surface area (Å²) in [5.41, 5.74) is 3.21. The second kappa shape index (κ2) is 7.86. The summed E-state index contributed by atoms with van der Waals surface area (Å²) >= 11 is 0. The zero-order valence-corrected chi connectivity index (χ0v) is 15.0. The Morgan fingerprint density at radius 1 is 0.852 bits per heavy atom. The Labute approximate surface area is 158 Å². The van der Waals surface area contributed by atoms with Crippen molar-refractivity contribution >= 4 is 17.7 Å². The van der Waals surface area contributed by atoms with E-state index in [1.54, 1.807) is 31.0 Å². The molecule has 0 bridgehead atoms.